The number of imidazole rings is 1. The molecule has 0 aliphatic heterocycles. The minimum atomic E-state index is -1.01. The van der Waals surface area contributed by atoms with Crippen molar-refractivity contribution in [1.29, 1.82) is 0 Å². The molecule has 1 aromatic carbocycles. The van der Waals surface area contributed by atoms with Crippen LogP contribution in [0.4, 0.5) is 5.69 Å². The summed E-state index contributed by atoms with van der Waals surface area (Å²) in [5.41, 5.74) is 5.88. The summed E-state index contributed by atoms with van der Waals surface area (Å²) in [5.74, 6) is -1.01. The average Bonchev–Trinajstić information content (AvgIpc) is 2.85. The Morgan fingerprint density at radius 1 is 1.17 bits per heavy atom. The van der Waals surface area contributed by atoms with Crippen LogP contribution in [0.2, 0.25) is 0 Å². The first-order chi connectivity index (χ1) is 11.0. The van der Waals surface area contributed by atoms with Crippen LogP contribution in [0.15, 0.2) is 36.5 Å². The van der Waals surface area contributed by atoms with Crippen LogP contribution in [0.5, 0.6) is 0 Å². The monoisotopic (exact) mass is 309 g/mol. The third kappa shape index (κ3) is 2.65. The van der Waals surface area contributed by atoms with Gasteiger partial charge in [0.05, 0.1) is 11.4 Å². The van der Waals surface area contributed by atoms with Crippen LogP contribution in [0.1, 0.15) is 32.9 Å². The highest BCUT2D eigenvalue weighted by Gasteiger charge is 2.16. The van der Waals surface area contributed by atoms with E-state index in [-0.39, 0.29) is 5.69 Å². The van der Waals surface area contributed by atoms with Gasteiger partial charge in [-0.2, -0.15) is 0 Å². The van der Waals surface area contributed by atoms with Crippen LogP contribution >= 0.6 is 0 Å². The van der Waals surface area contributed by atoms with Crippen LogP contribution in [-0.2, 0) is 6.54 Å². The molecule has 0 atom stereocenters. The predicted molar refractivity (Wildman–Crippen MR) is 90.1 cm³/mol. The van der Waals surface area contributed by atoms with Crippen molar-refractivity contribution in [3.8, 4) is 0 Å². The van der Waals surface area contributed by atoms with E-state index in [1.807, 2.05) is 24.4 Å². The highest BCUT2D eigenvalue weighted by atomic mass is 16.4. The zero-order valence-electron chi connectivity index (χ0n) is 13.4. The number of aromatic nitrogens is 2. The SMILES string of the molecule is Cc1cccc(C)c1CNc1cccn2c(C)c(C(=O)O)nc12. The van der Waals surface area contributed by atoms with Gasteiger partial charge in [-0.25, -0.2) is 9.78 Å². The second-order valence-corrected chi connectivity index (χ2v) is 5.69. The second kappa shape index (κ2) is 5.76. The highest BCUT2D eigenvalue weighted by Crippen LogP contribution is 2.22. The molecule has 5 heteroatoms. The number of carboxylic acids is 1. The van der Waals surface area contributed by atoms with Gasteiger partial charge in [-0.1, -0.05) is 18.2 Å². The summed E-state index contributed by atoms with van der Waals surface area (Å²) in [5, 5.41) is 12.6. The second-order valence-electron chi connectivity index (χ2n) is 5.69. The van der Waals surface area contributed by atoms with Crippen molar-refractivity contribution in [3.63, 3.8) is 0 Å². The number of rotatable bonds is 4. The summed E-state index contributed by atoms with van der Waals surface area (Å²) in [6.07, 6.45) is 1.83. The molecule has 0 saturated carbocycles. The molecule has 0 unspecified atom stereocenters. The van der Waals surface area contributed by atoms with E-state index in [2.05, 4.69) is 36.3 Å². The lowest BCUT2D eigenvalue weighted by atomic mass is 10.0. The molecule has 0 radical (unpaired) electrons. The first kappa shape index (κ1) is 15.1. The van der Waals surface area contributed by atoms with E-state index >= 15 is 0 Å². The minimum Gasteiger partial charge on any atom is -0.476 e. The van der Waals surface area contributed by atoms with E-state index in [1.54, 1.807) is 11.3 Å². The number of nitrogens with one attached hydrogen (secondary N) is 1. The summed E-state index contributed by atoms with van der Waals surface area (Å²) in [6.45, 7) is 6.62. The van der Waals surface area contributed by atoms with Crippen molar-refractivity contribution in [2.24, 2.45) is 0 Å². The zero-order chi connectivity index (χ0) is 16.6. The Morgan fingerprint density at radius 3 is 2.52 bits per heavy atom. The molecule has 0 bridgehead atoms. The molecule has 2 N–H and O–H groups in total. The number of benzene rings is 1. The number of carbonyl (C=O) groups is 1. The van der Waals surface area contributed by atoms with Gasteiger partial charge in [0.25, 0.3) is 0 Å². The Bertz CT molecular complexity index is 876. The van der Waals surface area contributed by atoms with Crippen molar-refractivity contribution in [2.45, 2.75) is 27.3 Å². The summed E-state index contributed by atoms with van der Waals surface area (Å²) >= 11 is 0. The Hall–Kier alpha value is -2.82. The molecular formula is C18H19N3O2. The minimum absolute atomic E-state index is 0.0892. The lowest BCUT2D eigenvalue weighted by Gasteiger charge is -2.12. The maximum atomic E-state index is 11.3. The van der Waals surface area contributed by atoms with Gasteiger partial charge in [0.2, 0.25) is 0 Å². The number of fused-ring (bicyclic) bond motifs is 1. The third-order valence-electron chi connectivity index (χ3n) is 4.19. The topological polar surface area (TPSA) is 66.6 Å². The molecule has 3 rings (SSSR count). The molecule has 0 aliphatic rings. The summed E-state index contributed by atoms with van der Waals surface area (Å²) in [6, 6.07) is 10.0. The Labute approximate surface area is 134 Å². The highest BCUT2D eigenvalue weighted by molar-refractivity contribution is 5.89. The number of hydrogen-bond acceptors (Lipinski definition) is 3. The number of aryl methyl sites for hydroxylation is 3. The molecule has 0 spiro atoms. The molecule has 2 aromatic heterocycles. The molecule has 0 aliphatic carbocycles. The number of aromatic carboxylic acids is 1. The molecule has 0 fully saturated rings. The predicted octanol–water partition coefficient (Wildman–Crippen LogP) is 3.57. The van der Waals surface area contributed by atoms with E-state index < -0.39 is 5.97 Å². The van der Waals surface area contributed by atoms with Crippen LogP contribution < -0.4 is 5.32 Å². The number of hydrogen-bond donors (Lipinski definition) is 2. The molecule has 2 heterocycles. The molecule has 0 saturated heterocycles. The molecule has 0 amide bonds. The van der Waals surface area contributed by atoms with Gasteiger partial charge in [0.1, 0.15) is 0 Å². The molecular weight excluding hydrogens is 290 g/mol. The Morgan fingerprint density at radius 2 is 1.87 bits per heavy atom. The van der Waals surface area contributed by atoms with E-state index in [0.29, 0.717) is 17.9 Å². The fourth-order valence-corrected chi connectivity index (χ4v) is 2.84. The fraction of sp³-hybridized carbons (Fsp3) is 0.222. The average molecular weight is 309 g/mol. The van der Waals surface area contributed by atoms with Gasteiger partial charge in [-0.3, -0.25) is 0 Å². The zero-order valence-corrected chi connectivity index (χ0v) is 13.4. The van der Waals surface area contributed by atoms with E-state index in [1.165, 1.54) is 16.7 Å². The number of anilines is 1. The van der Waals surface area contributed by atoms with Gasteiger partial charge >= 0.3 is 5.97 Å². The summed E-state index contributed by atoms with van der Waals surface area (Å²) in [7, 11) is 0. The molecule has 23 heavy (non-hydrogen) atoms. The molecule has 118 valence electrons. The quantitative estimate of drug-likeness (QED) is 0.773. The van der Waals surface area contributed by atoms with E-state index in [9.17, 15) is 9.90 Å². The standard InChI is InChI=1S/C18H19N3O2/c1-11-6-4-7-12(2)14(11)10-19-15-8-5-9-21-13(3)16(18(22)23)20-17(15)21/h4-9,19H,10H2,1-3H3,(H,22,23). The van der Waals surface area contributed by atoms with Gasteiger partial charge in [-0.05, 0) is 49.6 Å². The first-order valence-corrected chi connectivity index (χ1v) is 7.49. The van der Waals surface area contributed by atoms with E-state index in [4.69, 9.17) is 0 Å². The van der Waals surface area contributed by atoms with Crippen LogP contribution in [0.25, 0.3) is 5.65 Å². The molecule has 3 aromatic rings. The number of carboxylic acid groups (broad SMARTS) is 1. The maximum absolute atomic E-state index is 11.3. The Kier molecular flexibility index (Phi) is 3.78. The Balaban J connectivity index is 1.98. The largest absolute Gasteiger partial charge is 0.476 e. The van der Waals surface area contributed by atoms with Crippen LogP contribution in [0, 0.1) is 20.8 Å². The van der Waals surface area contributed by atoms with E-state index in [0.717, 1.165) is 5.69 Å². The van der Waals surface area contributed by atoms with Crippen molar-refractivity contribution in [1.82, 2.24) is 9.38 Å². The third-order valence-corrected chi connectivity index (χ3v) is 4.19. The maximum Gasteiger partial charge on any atom is 0.356 e. The van der Waals surface area contributed by atoms with Gasteiger partial charge < -0.3 is 14.8 Å². The first-order valence-electron chi connectivity index (χ1n) is 7.49. The fourth-order valence-electron chi connectivity index (χ4n) is 2.84. The van der Waals surface area contributed by atoms with Crippen LogP contribution in [-0.4, -0.2) is 20.5 Å². The van der Waals surface area contributed by atoms with Crippen molar-refractivity contribution < 1.29 is 9.90 Å². The summed E-state index contributed by atoms with van der Waals surface area (Å²) < 4.78 is 1.80. The molecule has 5 nitrogen and oxygen atoms in total. The van der Waals surface area contributed by atoms with Crippen molar-refractivity contribution in [3.05, 3.63) is 64.6 Å². The van der Waals surface area contributed by atoms with Gasteiger partial charge in [-0.15, -0.1) is 0 Å². The van der Waals surface area contributed by atoms with Gasteiger partial charge in [0.15, 0.2) is 11.3 Å². The number of pyridine rings is 1. The normalized spacial score (nSPS) is 10.9. The van der Waals surface area contributed by atoms with Crippen molar-refractivity contribution >= 4 is 17.3 Å². The smallest absolute Gasteiger partial charge is 0.356 e. The van der Waals surface area contributed by atoms with Crippen LogP contribution in [0.3, 0.4) is 0 Å². The van der Waals surface area contributed by atoms with Gasteiger partial charge in [0, 0.05) is 12.7 Å². The lowest BCUT2D eigenvalue weighted by molar-refractivity contribution is 0.0690. The lowest BCUT2D eigenvalue weighted by Crippen LogP contribution is -2.05. The van der Waals surface area contributed by atoms with Crippen molar-refractivity contribution in [2.75, 3.05) is 5.32 Å². The number of nitrogens with zero attached hydrogens (tertiary/aromatic N) is 2. The summed E-state index contributed by atoms with van der Waals surface area (Å²) in [4.78, 5) is 15.5.